The van der Waals surface area contributed by atoms with Crippen LogP contribution in [0.15, 0.2) is 23.3 Å². The minimum absolute atomic E-state index is 0.0260. The zero-order valence-corrected chi connectivity index (χ0v) is 21.2. The second kappa shape index (κ2) is 8.78. The first-order valence-corrected chi connectivity index (χ1v) is 13.8. The minimum atomic E-state index is -2.02. The second-order valence-electron chi connectivity index (χ2n) is 11.0. The predicted octanol–water partition coefficient (Wildman–Crippen LogP) is 6.04. The van der Waals surface area contributed by atoms with Gasteiger partial charge in [-0.15, -0.1) is 0 Å². The average molecular weight is 423 g/mol. The number of ketones is 1. The number of hydrogen-bond acceptors (Lipinski definition) is 4. The molecule has 5 heteroatoms. The lowest BCUT2D eigenvalue weighted by atomic mass is 9.71. The first-order valence-electron chi connectivity index (χ1n) is 10.9. The molecule has 4 atom stereocenters. The molecule has 0 aromatic rings. The van der Waals surface area contributed by atoms with E-state index >= 15 is 0 Å². The van der Waals surface area contributed by atoms with Crippen molar-refractivity contribution >= 4 is 14.1 Å². The number of ether oxygens (including phenoxy) is 2. The van der Waals surface area contributed by atoms with Crippen LogP contribution in [0.3, 0.4) is 0 Å². The van der Waals surface area contributed by atoms with Crippen molar-refractivity contribution in [2.75, 3.05) is 7.11 Å². The normalized spacial score (nSPS) is 35.2. The van der Waals surface area contributed by atoms with Crippen LogP contribution in [0.25, 0.3) is 0 Å². The molecule has 0 spiro atoms. The summed E-state index contributed by atoms with van der Waals surface area (Å²) >= 11 is 0. The van der Waals surface area contributed by atoms with E-state index in [2.05, 4.69) is 66.8 Å². The van der Waals surface area contributed by atoms with Gasteiger partial charge >= 0.3 is 0 Å². The van der Waals surface area contributed by atoms with Crippen LogP contribution in [-0.2, 0) is 18.7 Å². The molecule has 0 N–H and O–H groups in total. The number of hydrogen-bond donors (Lipinski definition) is 0. The van der Waals surface area contributed by atoms with Crippen molar-refractivity contribution in [3.8, 4) is 0 Å². The zero-order chi connectivity index (χ0) is 22.2. The standard InChI is InChI=1S/C24H42O4Si/c1-16-12-11-13-17(2)18(25)15-20-24(6,7)21(22(26-8)27-20)19(14-16)28-29(9,10)23(3,4)5/h13-14,19-22H,11-12,15H2,1-10H3/b16-14+,17-13+/t19-,20-,21+,22-/m0/s1. The van der Waals surface area contributed by atoms with Gasteiger partial charge < -0.3 is 13.9 Å². The Hall–Kier alpha value is -0.753. The number of carbonyl (C=O) groups is 1. The monoisotopic (exact) mass is 422 g/mol. The molecule has 1 aliphatic carbocycles. The molecule has 1 heterocycles. The molecule has 1 fully saturated rings. The second-order valence-corrected chi connectivity index (χ2v) is 15.7. The number of allylic oxidation sites excluding steroid dienone is 3. The number of methoxy groups -OCH3 is 1. The maximum atomic E-state index is 12.8. The van der Waals surface area contributed by atoms with Crippen LogP contribution in [0, 0.1) is 11.3 Å². The smallest absolute Gasteiger partial charge is 0.192 e. The maximum Gasteiger partial charge on any atom is 0.192 e. The molecule has 1 aliphatic heterocycles. The van der Waals surface area contributed by atoms with Gasteiger partial charge in [-0.2, -0.15) is 0 Å². The molecule has 0 aromatic heterocycles. The van der Waals surface area contributed by atoms with Gasteiger partial charge in [-0.25, -0.2) is 0 Å². The fourth-order valence-electron chi connectivity index (χ4n) is 4.13. The Labute approximate surface area is 179 Å². The third kappa shape index (κ3) is 5.30. The van der Waals surface area contributed by atoms with Gasteiger partial charge in [0.05, 0.1) is 12.2 Å². The third-order valence-corrected chi connectivity index (χ3v) is 11.8. The van der Waals surface area contributed by atoms with Crippen LogP contribution in [-0.4, -0.2) is 39.7 Å². The van der Waals surface area contributed by atoms with E-state index in [0.717, 1.165) is 18.4 Å². The fraction of sp³-hybridized carbons (Fsp3) is 0.792. The van der Waals surface area contributed by atoms with Crippen molar-refractivity contribution < 1.29 is 18.7 Å². The fourth-order valence-corrected chi connectivity index (χ4v) is 5.38. The Bertz CT molecular complexity index is 669. The Balaban J connectivity index is 2.54. The summed E-state index contributed by atoms with van der Waals surface area (Å²) in [6.07, 6.45) is 5.90. The van der Waals surface area contributed by atoms with Crippen molar-refractivity contribution in [3.63, 3.8) is 0 Å². The molecular formula is C24H42O4Si. The molecule has 2 rings (SSSR count). The van der Waals surface area contributed by atoms with E-state index in [-0.39, 0.29) is 40.7 Å². The molecule has 1 saturated heterocycles. The van der Waals surface area contributed by atoms with Crippen molar-refractivity contribution in [1.82, 2.24) is 0 Å². The molecule has 0 amide bonds. The average Bonchev–Trinajstić information content (AvgIpc) is 2.82. The van der Waals surface area contributed by atoms with Crippen molar-refractivity contribution in [2.24, 2.45) is 11.3 Å². The SMILES string of the molecule is CO[C@H]1O[C@H]2CC(=O)/C(C)=C/CC/C(C)=C/[C@H](O[Si](C)(C)C(C)(C)C)[C@H]1C2(C)C. The van der Waals surface area contributed by atoms with E-state index in [1.807, 2.05) is 6.92 Å². The molecule has 29 heavy (non-hydrogen) atoms. The lowest BCUT2D eigenvalue weighted by molar-refractivity contribution is -0.145. The number of rotatable bonds is 3. The zero-order valence-electron chi connectivity index (χ0n) is 20.2. The van der Waals surface area contributed by atoms with Crippen LogP contribution < -0.4 is 0 Å². The highest BCUT2D eigenvalue weighted by atomic mass is 28.4. The summed E-state index contributed by atoms with van der Waals surface area (Å²) < 4.78 is 19.1. The van der Waals surface area contributed by atoms with Gasteiger partial charge in [-0.05, 0) is 50.4 Å². The summed E-state index contributed by atoms with van der Waals surface area (Å²) in [4.78, 5) is 12.8. The first kappa shape index (κ1) is 24.5. The van der Waals surface area contributed by atoms with Crippen molar-refractivity contribution in [3.05, 3.63) is 23.3 Å². The van der Waals surface area contributed by atoms with Gasteiger partial charge in [0.2, 0.25) is 0 Å². The molecule has 166 valence electrons. The maximum absolute atomic E-state index is 12.8. The van der Waals surface area contributed by atoms with E-state index in [4.69, 9.17) is 13.9 Å². The summed E-state index contributed by atoms with van der Waals surface area (Å²) in [5, 5.41) is 0.111. The summed E-state index contributed by atoms with van der Waals surface area (Å²) in [6.45, 7) is 19.9. The number of Topliss-reactive ketones (excluding diaryl/α,β-unsaturated/α-hetero) is 1. The number of carbonyl (C=O) groups excluding carboxylic acids is 1. The highest BCUT2D eigenvalue weighted by Crippen LogP contribution is 2.50. The van der Waals surface area contributed by atoms with E-state index in [1.165, 1.54) is 5.57 Å². The molecule has 4 nitrogen and oxygen atoms in total. The predicted molar refractivity (Wildman–Crippen MR) is 121 cm³/mol. The van der Waals surface area contributed by atoms with Gasteiger partial charge in [0.15, 0.2) is 20.4 Å². The van der Waals surface area contributed by atoms with Crippen LogP contribution in [0.2, 0.25) is 18.1 Å². The van der Waals surface area contributed by atoms with Gasteiger partial charge in [0, 0.05) is 24.9 Å². The molecule has 0 radical (unpaired) electrons. The Morgan fingerprint density at radius 2 is 1.83 bits per heavy atom. The summed E-state index contributed by atoms with van der Waals surface area (Å²) in [5.74, 6) is 0.195. The highest BCUT2D eigenvalue weighted by Gasteiger charge is 2.55. The summed E-state index contributed by atoms with van der Waals surface area (Å²) in [7, 11) is -0.320. The van der Waals surface area contributed by atoms with Crippen LogP contribution in [0.5, 0.6) is 0 Å². The molecule has 0 saturated carbocycles. The topological polar surface area (TPSA) is 44.8 Å². The molecule has 0 aromatic carbocycles. The Morgan fingerprint density at radius 3 is 2.38 bits per heavy atom. The summed E-state index contributed by atoms with van der Waals surface area (Å²) in [5.41, 5.74) is 1.88. The lowest BCUT2D eigenvalue weighted by Gasteiger charge is -2.43. The van der Waals surface area contributed by atoms with Crippen molar-refractivity contribution in [2.45, 2.75) is 104 Å². The number of fused-ring (bicyclic) bond motifs is 2. The van der Waals surface area contributed by atoms with E-state index in [0.29, 0.717) is 6.42 Å². The van der Waals surface area contributed by atoms with E-state index in [1.54, 1.807) is 7.11 Å². The Morgan fingerprint density at radius 1 is 1.21 bits per heavy atom. The third-order valence-electron chi connectivity index (χ3n) is 7.35. The molecule has 2 bridgehead atoms. The highest BCUT2D eigenvalue weighted by molar-refractivity contribution is 6.74. The first-order chi connectivity index (χ1) is 13.2. The quantitative estimate of drug-likeness (QED) is 0.411. The van der Waals surface area contributed by atoms with E-state index in [9.17, 15) is 4.79 Å². The largest absolute Gasteiger partial charge is 0.410 e. The van der Waals surface area contributed by atoms with Crippen molar-refractivity contribution in [1.29, 1.82) is 0 Å². The lowest BCUT2D eigenvalue weighted by Crippen LogP contribution is -2.49. The Kier molecular flexibility index (Phi) is 7.42. The van der Waals surface area contributed by atoms with Crippen LogP contribution >= 0.6 is 0 Å². The van der Waals surface area contributed by atoms with Gasteiger partial charge in [0.25, 0.3) is 0 Å². The van der Waals surface area contributed by atoms with Gasteiger partial charge in [-0.1, -0.05) is 52.3 Å². The van der Waals surface area contributed by atoms with Crippen LogP contribution in [0.1, 0.15) is 67.7 Å². The molecule has 0 unspecified atom stereocenters. The van der Waals surface area contributed by atoms with E-state index < -0.39 is 8.32 Å². The molecule has 2 aliphatic rings. The summed E-state index contributed by atoms with van der Waals surface area (Å²) in [6, 6.07) is 0. The van der Waals surface area contributed by atoms with Gasteiger partial charge in [-0.3, -0.25) is 4.79 Å². The molecular weight excluding hydrogens is 380 g/mol. The van der Waals surface area contributed by atoms with Crippen LogP contribution in [0.4, 0.5) is 0 Å². The van der Waals surface area contributed by atoms with Gasteiger partial charge in [0.1, 0.15) is 0 Å². The minimum Gasteiger partial charge on any atom is -0.410 e.